The van der Waals surface area contributed by atoms with E-state index in [0.717, 1.165) is 27.4 Å². The maximum atomic E-state index is 13.2. The Labute approximate surface area is 206 Å². The molecule has 4 aromatic rings. The van der Waals surface area contributed by atoms with Crippen LogP contribution in [0.5, 0.6) is 0 Å². The molecule has 0 aliphatic carbocycles. The van der Waals surface area contributed by atoms with Crippen LogP contribution in [-0.2, 0) is 12.7 Å². The molecule has 2 aromatic heterocycles. The second-order valence-electron chi connectivity index (χ2n) is 9.03. The standard InChI is InChI=1S/C25H26F3N7O/c1-15(2)23-30-32-33-35(23)21-12-19(18-7-5-16(3)6-8-18)11-20(13-21)24(36)29-17(4)14-34-10-9-22(31-34)25(26,27)28/h5-13,15,17H,14H2,1-4H3,(H,29,36). The van der Waals surface area contributed by atoms with Crippen molar-refractivity contribution < 1.29 is 18.0 Å². The van der Waals surface area contributed by atoms with Crippen LogP contribution in [0.1, 0.15) is 54.1 Å². The fourth-order valence-electron chi connectivity index (χ4n) is 3.76. The number of halogens is 3. The molecule has 188 valence electrons. The minimum absolute atomic E-state index is 0.0518. The van der Waals surface area contributed by atoms with E-state index in [4.69, 9.17) is 0 Å². The molecule has 2 heterocycles. The van der Waals surface area contributed by atoms with Crippen LogP contribution >= 0.6 is 0 Å². The summed E-state index contributed by atoms with van der Waals surface area (Å²) in [5, 5.41) is 18.4. The molecule has 8 nitrogen and oxygen atoms in total. The van der Waals surface area contributed by atoms with E-state index in [-0.39, 0.29) is 18.4 Å². The highest BCUT2D eigenvalue weighted by Crippen LogP contribution is 2.28. The average Bonchev–Trinajstić information content (AvgIpc) is 3.49. The van der Waals surface area contributed by atoms with E-state index in [1.807, 2.05) is 51.1 Å². The average molecular weight is 498 g/mol. The third-order valence-corrected chi connectivity index (χ3v) is 5.59. The van der Waals surface area contributed by atoms with Gasteiger partial charge in [0.25, 0.3) is 5.91 Å². The van der Waals surface area contributed by atoms with E-state index in [9.17, 15) is 18.0 Å². The number of aryl methyl sites for hydroxylation is 1. The number of hydrogen-bond donors (Lipinski definition) is 1. The van der Waals surface area contributed by atoms with Crippen LogP contribution < -0.4 is 5.32 Å². The van der Waals surface area contributed by atoms with Gasteiger partial charge in [0.15, 0.2) is 11.5 Å². The Kier molecular flexibility index (Phi) is 6.91. The maximum absolute atomic E-state index is 13.2. The van der Waals surface area contributed by atoms with E-state index >= 15 is 0 Å². The van der Waals surface area contributed by atoms with Gasteiger partial charge in [-0.3, -0.25) is 9.48 Å². The van der Waals surface area contributed by atoms with Crippen LogP contribution in [0.15, 0.2) is 54.7 Å². The Hall–Kier alpha value is -4.02. The van der Waals surface area contributed by atoms with Crippen molar-refractivity contribution in [3.8, 4) is 16.8 Å². The first-order chi connectivity index (χ1) is 17.0. The predicted octanol–water partition coefficient (Wildman–Crippen LogP) is 4.79. The highest BCUT2D eigenvalue weighted by atomic mass is 19.4. The number of carbonyl (C=O) groups excluding carboxylic acids is 1. The summed E-state index contributed by atoms with van der Waals surface area (Å²) in [6, 6.07) is 13.7. The van der Waals surface area contributed by atoms with Gasteiger partial charge in [0, 0.05) is 23.7 Å². The normalized spacial score (nSPS) is 12.7. The van der Waals surface area contributed by atoms with E-state index in [2.05, 4.69) is 25.9 Å². The Morgan fingerprint density at radius 2 is 1.75 bits per heavy atom. The zero-order chi connectivity index (χ0) is 26.0. The number of benzene rings is 2. The molecule has 1 N–H and O–H groups in total. The quantitative estimate of drug-likeness (QED) is 0.396. The molecule has 11 heteroatoms. The fraction of sp³-hybridized carbons (Fsp3) is 0.320. The molecule has 0 bridgehead atoms. The first kappa shape index (κ1) is 25.1. The summed E-state index contributed by atoms with van der Waals surface area (Å²) in [4.78, 5) is 13.2. The lowest BCUT2D eigenvalue weighted by Gasteiger charge is -2.16. The predicted molar refractivity (Wildman–Crippen MR) is 128 cm³/mol. The largest absolute Gasteiger partial charge is 0.435 e. The minimum Gasteiger partial charge on any atom is -0.348 e. The van der Waals surface area contributed by atoms with Gasteiger partial charge in [-0.1, -0.05) is 43.7 Å². The van der Waals surface area contributed by atoms with Crippen LogP contribution in [0, 0.1) is 6.92 Å². The molecule has 0 saturated heterocycles. The highest BCUT2D eigenvalue weighted by molar-refractivity contribution is 5.96. The van der Waals surface area contributed by atoms with Crippen molar-refractivity contribution in [2.75, 3.05) is 0 Å². The summed E-state index contributed by atoms with van der Waals surface area (Å²) < 4.78 is 41.3. The van der Waals surface area contributed by atoms with Crippen LogP contribution in [0.3, 0.4) is 0 Å². The molecule has 36 heavy (non-hydrogen) atoms. The summed E-state index contributed by atoms with van der Waals surface area (Å²) >= 11 is 0. The Bertz CT molecular complexity index is 1360. The van der Waals surface area contributed by atoms with Gasteiger partial charge in [-0.05, 0) is 59.7 Å². The Morgan fingerprint density at radius 1 is 1.03 bits per heavy atom. The minimum atomic E-state index is -4.52. The first-order valence-electron chi connectivity index (χ1n) is 11.4. The van der Waals surface area contributed by atoms with Gasteiger partial charge in [-0.15, -0.1) is 5.10 Å². The fourth-order valence-corrected chi connectivity index (χ4v) is 3.76. The number of aromatic nitrogens is 6. The third kappa shape index (κ3) is 5.61. The molecular weight excluding hydrogens is 471 g/mol. The molecule has 0 aliphatic rings. The summed E-state index contributed by atoms with van der Waals surface area (Å²) in [6.07, 6.45) is -3.28. The van der Waals surface area contributed by atoms with Crippen molar-refractivity contribution in [2.24, 2.45) is 0 Å². The molecule has 0 spiro atoms. The summed E-state index contributed by atoms with van der Waals surface area (Å²) in [5.74, 6) is 0.325. The SMILES string of the molecule is Cc1ccc(-c2cc(C(=O)NC(C)Cn3ccc(C(F)(F)F)n3)cc(-n3nnnc3C(C)C)c2)cc1. The zero-order valence-corrected chi connectivity index (χ0v) is 20.3. The number of nitrogens with zero attached hydrogens (tertiary/aromatic N) is 6. The molecule has 4 rings (SSSR count). The van der Waals surface area contributed by atoms with E-state index in [0.29, 0.717) is 17.1 Å². The van der Waals surface area contributed by atoms with Gasteiger partial charge in [0.2, 0.25) is 0 Å². The topological polar surface area (TPSA) is 90.5 Å². The molecule has 0 aliphatic heterocycles. The molecule has 2 aromatic carbocycles. The molecule has 1 atom stereocenters. The van der Waals surface area contributed by atoms with Crippen LogP contribution in [-0.4, -0.2) is 41.9 Å². The summed E-state index contributed by atoms with van der Waals surface area (Å²) in [5.41, 5.74) is 2.85. The first-order valence-corrected chi connectivity index (χ1v) is 11.4. The van der Waals surface area contributed by atoms with Crippen molar-refractivity contribution in [3.63, 3.8) is 0 Å². The number of hydrogen-bond acceptors (Lipinski definition) is 5. The lowest BCUT2D eigenvalue weighted by molar-refractivity contribution is -0.141. The lowest BCUT2D eigenvalue weighted by Crippen LogP contribution is -2.36. The molecule has 1 unspecified atom stereocenters. The Morgan fingerprint density at radius 3 is 2.39 bits per heavy atom. The van der Waals surface area contributed by atoms with E-state index < -0.39 is 17.9 Å². The summed E-state index contributed by atoms with van der Waals surface area (Å²) in [7, 11) is 0. The number of carbonyl (C=O) groups is 1. The number of alkyl halides is 3. The second-order valence-corrected chi connectivity index (χ2v) is 9.03. The maximum Gasteiger partial charge on any atom is 0.435 e. The molecule has 0 radical (unpaired) electrons. The summed E-state index contributed by atoms with van der Waals surface area (Å²) in [6.45, 7) is 7.72. The van der Waals surface area contributed by atoms with Crippen molar-refractivity contribution in [2.45, 2.75) is 52.4 Å². The van der Waals surface area contributed by atoms with Crippen molar-refractivity contribution in [1.82, 2.24) is 35.3 Å². The van der Waals surface area contributed by atoms with Gasteiger partial charge in [0.1, 0.15) is 0 Å². The van der Waals surface area contributed by atoms with Gasteiger partial charge < -0.3 is 5.32 Å². The smallest absolute Gasteiger partial charge is 0.348 e. The molecular formula is C25H26F3N7O. The van der Waals surface area contributed by atoms with Gasteiger partial charge in [-0.2, -0.15) is 23.0 Å². The van der Waals surface area contributed by atoms with Crippen molar-refractivity contribution in [3.05, 3.63) is 77.4 Å². The van der Waals surface area contributed by atoms with Crippen LogP contribution in [0.4, 0.5) is 13.2 Å². The van der Waals surface area contributed by atoms with Crippen LogP contribution in [0.25, 0.3) is 16.8 Å². The monoisotopic (exact) mass is 497 g/mol. The number of nitrogens with one attached hydrogen (secondary N) is 1. The van der Waals surface area contributed by atoms with E-state index in [1.54, 1.807) is 23.7 Å². The third-order valence-electron chi connectivity index (χ3n) is 5.59. The van der Waals surface area contributed by atoms with Crippen molar-refractivity contribution in [1.29, 1.82) is 0 Å². The van der Waals surface area contributed by atoms with E-state index in [1.165, 1.54) is 6.20 Å². The van der Waals surface area contributed by atoms with Crippen LogP contribution in [0.2, 0.25) is 0 Å². The zero-order valence-electron chi connectivity index (χ0n) is 20.3. The number of rotatable bonds is 7. The number of amides is 1. The highest BCUT2D eigenvalue weighted by Gasteiger charge is 2.33. The van der Waals surface area contributed by atoms with Gasteiger partial charge in [-0.25, -0.2) is 0 Å². The van der Waals surface area contributed by atoms with Gasteiger partial charge >= 0.3 is 6.18 Å². The Balaban J connectivity index is 1.63. The molecule has 1 amide bonds. The second kappa shape index (κ2) is 9.92. The van der Waals surface area contributed by atoms with Gasteiger partial charge in [0.05, 0.1) is 12.2 Å². The molecule has 0 fully saturated rings. The van der Waals surface area contributed by atoms with Crippen molar-refractivity contribution >= 4 is 5.91 Å². The molecule has 0 saturated carbocycles. The number of tetrazole rings is 1. The lowest BCUT2D eigenvalue weighted by atomic mass is 10.00.